The van der Waals surface area contributed by atoms with Crippen molar-refractivity contribution in [2.24, 2.45) is 0 Å². The molecule has 562 valence electrons. The molecule has 2 atom stereocenters. The molecule has 4 aromatic heterocycles. The molecule has 9 nitrogen and oxygen atoms in total. The molecule has 1 N–H and O–H groups in total. The Kier molecular flexibility index (Phi) is 22.6. The van der Waals surface area contributed by atoms with E-state index in [9.17, 15) is 18.3 Å². The highest BCUT2D eigenvalue weighted by molar-refractivity contribution is 6.32. The third kappa shape index (κ3) is 16.0. The zero-order chi connectivity index (χ0) is 76.5. The van der Waals surface area contributed by atoms with Crippen molar-refractivity contribution < 1.29 is 18.3 Å². The minimum Gasteiger partial charge on any atom is -0.383 e. The van der Waals surface area contributed by atoms with Crippen molar-refractivity contribution in [2.75, 3.05) is 54.4 Å². The van der Waals surface area contributed by atoms with Crippen molar-refractivity contribution in [2.45, 2.75) is 169 Å². The van der Waals surface area contributed by atoms with Crippen LogP contribution in [0.3, 0.4) is 0 Å². The van der Waals surface area contributed by atoms with E-state index in [4.69, 9.17) is 58.0 Å². The topological polar surface area (TPSA) is 52.9 Å². The van der Waals surface area contributed by atoms with E-state index in [2.05, 4.69) is 196 Å². The van der Waals surface area contributed by atoms with Gasteiger partial charge in [-0.1, -0.05) is 148 Å². The lowest BCUT2D eigenvalue weighted by molar-refractivity contribution is 0.0311. The Hall–Kier alpha value is -7.04. The van der Waals surface area contributed by atoms with Crippen molar-refractivity contribution >= 4 is 102 Å². The summed E-state index contributed by atoms with van der Waals surface area (Å²) >= 11 is 31.4. The summed E-state index contributed by atoms with van der Waals surface area (Å²) in [5.41, 5.74) is 19.2. The number of aliphatic hydroxyl groups is 1. The molecule has 0 saturated carbocycles. The summed E-state index contributed by atoms with van der Waals surface area (Å²) in [6.45, 7) is 31.2. The number of benzene rings is 8. The van der Waals surface area contributed by atoms with Gasteiger partial charge in [-0.3, -0.25) is 0 Å². The fourth-order valence-corrected chi connectivity index (χ4v) is 18.4. The molecule has 16 rings (SSSR count). The van der Waals surface area contributed by atoms with Gasteiger partial charge in [0.2, 0.25) is 0 Å². The van der Waals surface area contributed by atoms with Crippen LogP contribution in [0.25, 0.3) is 43.6 Å². The highest BCUT2D eigenvalue weighted by Gasteiger charge is 2.37. The lowest BCUT2D eigenvalue weighted by atomic mass is 9.78. The molecular formula is C90H100Cl5F3N8O. The first-order valence-electron chi connectivity index (χ1n) is 37.4. The zero-order valence-corrected chi connectivity index (χ0v) is 68.0. The molecule has 0 saturated heterocycles. The number of aryl methyl sites for hydroxylation is 2. The smallest absolute Gasteiger partial charge is 0.132 e. The highest BCUT2D eigenvalue weighted by Crippen LogP contribution is 2.45. The van der Waals surface area contributed by atoms with Crippen LogP contribution in [0.2, 0.25) is 25.1 Å². The minimum absolute atomic E-state index is 0.00260. The number of hydrogen-bond donors (Lipinski definition) is 1. The first-order valence-corrected chi connectivity index (χ1v) is 39.3. The van der Waals surface area contributed by atoms with Crippen molar-refractivity contribution in [1.82, 2.24) is 37.9 Å². The second-order valence-electron chi connectivity index (χ2n) is 32.8. The monoisotopic (exact) mass is 1540 g/mol. The number of rotatable bonds is 12. The molecule has 8 aromatic carbocycles. The summed E-state index contributed by atoms with van der Waals surface area (Å²) < 4.78 is 52.1. The molecule has 0 radical (unpaired) electrons. The Morgan fingerprint density at radius 3 is 1.21 bits per heavy atom. The van der Waals surface area contributed by atoms with Crippen LogP contribution in [0.5, 0.6) is 0 Å². The molecule has 17 heteroatoms. The van der Waals surface area contributed by atoms with E-state index >= 15 is 0 Å². The van der Waals surface area contributed by atoms with Crippen LogP contribution in [-0.4, -0.2) is 97.3 Å². The number of halogens is 8. The summed E-state index contributed by atoms with van der Waals surface area (Å²) in [6, 6.07) is 51.3. The first-order chi connectivity index (χ1) is 50.7. The van der Waals surface area contributed by atoms with E-state index in [0.717, 1.165) is 139 Å². The summed E-state index contributed by atoms with van der Waals surface area (Å²) in [5, 5.41) is 19.9. The maximum absolute atomic E-state index is 14.6. The van der Waals surface area contributed by atoms with Crippen molar-refractivity contribution in [1.29, 1.82) is 0 Å². The number of likely N-dealkylation sites (N-methyl/N-ethyl adjacent to an activating group) is 4. The molecule has 0 aliphatic carbocycles. The predicted molar refractivity (Wildman–Crippen MR) is 441 cm³/mol. The molecular weight excluding hydrogens is 1440 g/mol. The van der Waals surface area contributed by atoms with E-state index in [1.54, 1.807) is 25.1 Å². The lowest BCUT2D eigenvalue weighted by Crippen LogP contribution is -2.33. The quantitative estimate of drug-likeness (QED) is 0.132. The number of fused-ring (bicyclic) bond motifs is 12. The Balaban J connectivity index is 0.000000126. The fraction of sp³-hybridized carbons (Fsp3) is 0.378. The highest BCUT2D eigenvalue weighted by atomic mass is 35.5. The minimum atomic E-state index is -1.70. The molecule has 12 aromatic rings. The van der Waals surface area contributed by atoms with Crippen LogP contribution < -0.4 is 0 Å². The van der Waals surface area contributed by atoms with Crippen molar-refractivity contribution in [3.05, 3.63) is 279 Å². The molecule has 4 aliphatic heterocycles. The van der Waals surface area contributed by atoms with Gasteiger partial charge in [-0.05, 0) is 215 Å². The molecule has 4 aliphatic rings. The van der Waals surface area contributed by atoms with Gasteiger partial charge < -0.3 is 43.0 Å². The van der Waals surface area contributed by atoms with E-state index in [1.165, 1.54) is 102 Å². The second-order valence-corrected chi connectivity index (χ2v) is 35.0. The molecule has 107 heavy (non-hydrogen) atoms. The van der Waals surface area contributed by atoms with Crippen molar-refractivity contribution in [3.63, 3.8) is 0 Å². The van der Waals surface area contributed by atoms with Gasteiger partial charge >= 0.3 is 0 Å². The van der Waals surface area contributed by atoms with Crippen LogP contribution in [0.1, 0.15) is 140 Å². The van der Waals surface area contributed by atoms with Crippen LogP contribution in [0.15, 0.2) is 158 Å². The van der Waals surface area contributed by atoms with Gasteiger partial charge in [0, 0.05) is 205 Å². The normalized spacial score (nSPS) is 16.1. The average molecular weight is 1540 g/mol. The summed E-state index contributed by atoms with van der Waals surface area (Å²) in [4.78, 5) is 9.38. The third-order valence-corrected chi connectivity index (χ3v) is 24.5. The number of aromatic nitrogens is 4. The maximum Gasteiger partial charge on any atom is 0.132 e. The lowest BCUT2D eigenvalue weighted by Gasteiger charge is -2.36. The molecule has 0 fully saturated rings. The van der Waals surface area contributed by atoms with Gasteiger partial charge in [-0.2, -0.15) is 0 Å². The van der Waals surface area contributed by atoms with E-state index in [-0.39, 0.29) is 40.2 Å². The largest absolute Gasteiger partial charge is 0.383 e. The Bertz CT molecular complexity index is 5280. The van der Waals surface area contributed by atoms with Gasteiger partial charge in [0.15, 0.2) is 0 Å². The van der Waals surface area contributed by atoms with Gasteiger partial charge in [-0.15, -0.1) is 0 Å². The molecule has 0 spiro atoms. The summed E-state index contributed by atoms with van der Waals surface area (Å²) in [7, 11) is 8.62. The maximum atomic E-state index is 14.6. The zero-order valence-electron chi connectivity index (χ0n) is 64.2. The van der Waals surface area contributed by atoms with Crippen LogP contribution >= 0.6 is 58.0 Å². The summed E-state index contributed by atoms with van der Waals surface area (Å²) in [5.74, 6) is -1.64. The van der Waals surface area contributed by atoms with Crippen LogP contribution in [0, 0.1) is 31.3 Å². The van der Waals surface area contributed by atoms with Crippen molar-refractivity contribution in [3.8, 4) is 0 Å². The van der Waals surface area contributed by atoms with Gasteiger partial charge in [0.1, 0.15) is 23.1 Å². The van der Waals surface area contributed by atoms with Gasteiger partial charge in [0.05, 0.1) is 12.1 Å². The second kappa shape index (κ2) is 31.0. The SMILES string of the molecule is CC(n1c2c(c3cc(Cl)ccc31)CN(C)CC2)C(C)(C)c1ccc(F)cc1.CN1CCc2c(c3cc(Cl)ccc3n2CC(C)(C)c2ccccc2)C1.Cc1cc(Cl)ccc1C(C)(C)Cn1c2c(c3cc(Cl)ccc31)CN(C)CC2.Cc1cc(F)c(C(C)(O)Cn2c3c(c4cc(Cl)ccc42)CN(C)CC3)c(F)c1. The van der Waals surface area contributed by atoms with Crippen LogP contribution in [-0.2, 0) is 93.3 Å². The fourth-order valence-electron chi connectivity index (χ4n) is 17.4. The van der Waals surface area contributed by atoms with E-state index < -0.39 is 17.2 Å². The number of hydrogen-bond acceptors (Lipinski definition) is 5. The Morgan fingerprint density at radius 1 is 0.411 bits per heavy atom. The third-order valence-electron chi connectivity index (χ3n) is 23.4. The van der Waals surface area contributed by atoms with Gasteiger partial charge in [0.25, 0.3) is 0 Å². The van der Waals surface area contributed by atoms with Gasteiger partial charge in [-0.25, -0.2) is 13.2 Å². The van der Waals surface area contributed by atoms with E-state index in [1.807, 2.05) is 53.1 Å². The molecule has 0 amide bonds. The first kappa shape index (κ1) is 78.1. The van der Waals surface area contributed by atoms with E-state index in [0.29, 0.717) is 10.6 Å². The standard InChI is InChI=1S/C23H26Cl2N2.C23H26ClFN2.C22H23ClF2N2O.C22H25ClN2/c1-15-11-16(24)5-7-20(15)23(2,3)14-27-21-8-6-17(25)12-18(21)19-13-26(4)10-9-22(19)27;1-15(23(2,3)16-5-8-18(25)9-6-16)27-21-10-7-17(24)13-19(21)20-14-26(4)12-11-22(20)27;1-13-8-17(24)21(18(25)9-13)22(2,28)12-27-19-5-4-14(23)10-15(19)16-11-26(3)7-6-20(16)27;1-22(2,16-7-5-4-6-8-16)15-25-20-10-9-17(23)13-18(20)19-14-24(3)12-11-21(19)25/h5-8,11-12H,9-10,13-14H2,1-4H3;5-10,13,15H,11-12,14H2,1-4H3;4-5,8-10,28H,6-7,11-12H2,1-3H3;4-10,13H,11-12,14-15H2,1-3H3. The Morgan fingerprint density at radius 2 is 0.776 bits per heavy atom. The molecule has 0 bridgehead atoms. The molecule has 8 heterocycles. The predicted octanol–water partition coefficient (Wildman–Crippen LogP) is 22.2. The Labute approximate surface area is 654 Å². The average Bonchev–Trinajstić information content (AvgIpc) is 1.62. The van der Waals surface area contributed by atoms with Crippen LogP contribution in [0.4, 0.5) is 13.2 Å². The summed E-state index contributed by atoms with van der Waals surface area (Å²) in [6.07, 6.45) is 4.01. The number of nitrogens with zero attached hydrogens (tertiary/aromatic N) is 8. The molecule has 2 unspecified atom stereocenters.